The van der Waals surface area contributed by atoms with Crippen LogP contribution in [-0.4, -0.2) is 28.9 Å². The number of amides is 1. The molecule has 0 unspecified atom stereocenters. The Balaban J connectivity index is 1.57. The molecule has 4 rings (SSSR count). The summed E-state index contributed by atoms with van der Waals surface area (Å²) in [6.45, 7) is 1.24. The van der Waals surface area contributed by atoms with E-state index in [9.17, 15) is 4.79 Å². The molecular formula is C19H15Cl2N3O3. The summed E-state index contributed by atoms with van der Waals surface area (Å²) in [6.07, 6.45) is 1.61. The Kier molecular flexibility index (Phi) is 4.92. The first-order valence-corrected chi connectivity index (χ1v) is 9.04. The van der Waals surface area contributed by atoms with Crippen molar-refractivity contribution >= 4 is 34.9 Å². The summed E-state index contributed by atoms with van der Waals surface area (Å²) in [5.41, 5.74) is 1.21. The van der Waals surface area contributed by atoms with E-state index in [2.05, 4.69) is 10.4 Å². The summed E-state index contributed by atoms with van der Waals surface area (Å²) in [5, 5.41) is 8.06. The molecule has 8 heteroatoms. The summed E-state index contributed by atoms with van der Waals surface area (Å²) >= 11 is 12.3. The number of aromatic nitrogens is 2. The van der Waals surface area contributed by atoms with Gasteiger partial charge in [0.15, 0.2) is 11.5 Å². The quantitative estimate of drug-likeness (QED) is 0.706. The fourth-order valence-corrected chi connectivity index (χ4v) is 3.21. The van der Waals surface area contributed by atoms with Crippen LogP contribution in [0.3, 0.4) is 0 Å². The molecule has 138 valence electrons. The van der Waals surface area contributed by atoms with Crippen LogP contribution in [0.2, 0.25) is 10.0 Å². The van der Waals surface area contributed by atoms with Gasteiger partial charge in [-0.3, -0.25) is 4.79 Å². The van der Waals surface area contributed by atoms with E-state index in [0.717, 1.165) is 5.56 Å². The molecule has 0 spiro atoms. The Hall–Kier alpha value is -2.70. The number of para-hydroxylation sites is 1. The molecule has 27 heavy (non-hydrogen) atoms. The first kappa shape index (κ1) is 17.7. The third-order valence-corrected chi connectivity index (χ3v) is 4.98. The van der Waals surface area contributed by atoms with Crippen LogP contribution in [0, 0.1) is 0 Å². The second-order valence-corrected chi connectivity index (χ2v) is 6.66. The van der Waals surface area contributed by atoms with Crippen molar-refractivity contribution in [2.24, 2.45) is 0 Å². The normalized spacial score (nSPS) is 12.7. The van der Waals surface area contributed by atoms with Gasteiger partial charge in [0.2, 0.25) is 0 Å². The van der Waals surface area contributed by atoms with Crippen LogP contribution < -0.4 is 14.8 Å². The lowest BCUT2D eigenvalue weighted by Crippen LogP contribution is -2.21. The molecule has 1 aliphatic heterocycles. The van der Waals surface area contributed by atoms with E-state index in [1.54, 1.807) is 41.2 Å². The number of halogens is 2. The smallest absolute Gasteiger partial charge is 0.260 e. The maximum Gasteiger partial charge on any atom is 0.260 e. The number of rotatable bonds is 4. The van der Waals surface area contributed by atoms with Crippen LogP contribution in [0.1, 0.15) is 15.9 Å². The lowest BCUT2D eigenvalue weighted by molar-refractivity contribution is 0.101. The van der Waals surface area contributed by atoms with Crippen LogP contribution in [0.4, 0.5) is 5.82 Å². The standard InChI is InChI=1S/C19H15Cl2N3O3/c20-14-5-1-3-12(17(14)21)11-24-16(7-8-22-24)23-19(25)13-4-2-6-15-18(13)27-10-9-26-15/h1-8H,9-11H2,(H,23,25). The molecule has 0 fully saturated rings. The van der Waals surface area contributed by atoms with E-state index in [0.29, 0.717) is 52.7 Å². The first-order chi connectivity index (χ1) is 13.1. The van der Waals surface area contributed by atoms with Crippen LogP contribution >= 0.6 is 23.2 Å². The number of ether oxygens (including phenoxy) is 2. The zero-order valence-corrected chi connectivity index (χ0v) is 15.6. The zero-order valence-electron chi connectivity index (χ0n) is 14.1. The molecule has 6 nitrogen and oxygen atoms in total. The van der Waals surface area contributed by atoms with Crippen molar-refractivity contribution in [2.45, 2.75) is 6.54 Å². The maximum absolute atomic E-state index is 12.8. The number of benzene rings is 2. The summed E-state index contributed by atoms with van der Waals surface area (Å²) < 4.78 is 12.8. The largest absolute Gasteiger partial charge is 0.486 e. The van der Waals surface area contributed by atoms with E-state index in [-0.39, 0.29) is 5.91 Å². The summed E-state index contributed by atoms with van der Waals surface area (Å²) in [6, 6.07) is 12.3. The number of fused-ring (bicyclic) bond motifs is 1. The molecule has 2 heterocycles. The molecule has 0 atom stereocenters. The highest BCUT2D eigenvalue weighted by atomic mass is 35.5. The van der Waals surface area contributed by atoms with Gasteiger partial charge in [0, 0.05) is 6.07 Å². The maximum atomic E-state index is 12.8. The van der Waals surface area contributed by atoms with Crippen molar-refractivity contribution < 1.29 is 14.3 Å². The van der Waals surface area contributed by atoms with Gasteiger partial charge in [-0.05, 0) is 23.8 Å². The van der Waals surface area contributed by atoms with Crippen molar-refractivity contribution in [3.63, 3.8) is 0 Å². The van der Waals surface area contributed by atoms with Crippen molar-refractivity contribution in [1.82, 2.24) is 9.78 Å². The summed E-state index contributed by atoms with van der Waals surface area (Å²) in [5.74, 6) is 1.24. The van der Waals surface area contributed by atoms with Gasteiger partial charge < -0.3 is 14.8 Å². The number of nitrogens with one attached hydrogen (secondary N) is 1. The minimum atomic E-state index is -0.309. The van der Waals surface area contributed by atoms with E-state index < -0.39 is 0 Å². The Morgan fingerprint density at radius 3 is 2.81 bits per heavy atom. The van der Waals surface area contributed by atoms with E-state index in [1.807, 2.05) is 12.1 Å². The fraction of sp³-hybridized carbons (Fsp3) is 0.158. The number of anilines is 1. The number of carbonyl (C=O) groups excluding carboxylic acids is 1. The number of hydrogen-bond donors (Lipinski definition) is 1. The number of carbonyl (C=O) groups is 1. The lowest BCUT2D eigenvalue weighted by atomic mass is 10.1. The van der Waals surface area contributed by atoms with Gasteiger partial charge in [-0.15, -0.1) is 0 Å². The summed E-state index contributed by atoms with van der Waals surface area (Å²) in [4.78, 5) is 12.8. The third kappa shape index (κ3) is 3.59. The number of nitrogens with zero attached hydrogens (tertiary/aromatic N) is 2. The Labute approximate surface area is 165 Å². The topological polar surface area (TPSA) is 65.4 Å². The average molecular weight is 404 g/mol. The Morgan fingerprint density at radius 2 is 1.93 bits per heavy atom. The fourth-order valence-electron chi connectivity index (χ4n) is 2.83. The average Bonchev–Trinajstić information content (AvgIpc) is 3.11. The zero-order chi connectivity index (χ0) is 18.8. The third-order valence-electron chi connectivity index (χ3n) is 4.12. The minimum absolute atomic E-state index is 0.309. The predicted octanol–water partition coefficient (Wildman–Crippen LogP) is 4.26. The summed E-state index contributed by atoms with van der Waals surface area (Å²) in [7, 11) is 0. The first-order valence-electron chi connectivity index (χ1n) is 8.28. The molecule has 0 saturated heterocycles. The Morgan fingerprint density at radius 1 is 1.11 bits per heavy atom. The molecule has 0 bridgehead atoms. The van der Waals surface area contributed by atoms with Crippen LogP contribution in [0.15, 0.2) is 48.7 Å². The predicted molar refractivity (Wildman–Crippen MR) is 103 cm³/mol. The molecule has 0 aliphatic carbocycles. The lowest BCUT2D eigenvalue weighted by Gasteiger charge is -2.20. The SMILES string of the molecule is O=C(Nc1ccnn1Cc1cccc(Cl)c1Cl)c1cccc2c1OCCO2. The van der Waals surface area contributed by atoms with Crippen LogP contribution in [0.25, 0.3) is 0 Å². The van der Waals surface area contributed by atoms with E-state index >= 15 is 0 Å². The second-order valence-electron chi connectivity index (χ2n) is 5.87. The van der Waals surface area contributed by atoms with Gasteiger partial charge >= 0.3 is 0 Å². The van der Waals surface area contributed by atoms with Gasteiger partial charge in [0.05, 0.1) is 28.4 Å². The van der Waals surface area contributed by atoms with Crippen molar-refractivity contribution in [3.8, 4) is 11.5 Å². The van der Waals surface area contributed by atoms with E-state index in [4.69, 9.17) is 32.7 Å². The minimum Gasteiger partial charge on any atom is -0.486 e. The van der Waals surface area contributed by atoms with Crippen molar-refractivity contribution in [2.75, 3.05) is 18.5 Å². The molecule has 1 N–H and O–H groups in total. The number of hydrogen-bond acceptors (Lipinski definition) is 4. The Bertz CT molecular complexity index is 1000. The van der Waals surface area contributed by atoms with Gasteiger partial charge in [0.1, 0.15) is 19.0 Å². The van der Waals surface area contributed by atoms with Crippen LogP contribution in [-0.2, 0) is 6.54 Å². The van der Waals surface area contributed by atoms with Crippen molar-refractivity contribution in [1.29, 1.82) is 0 Å². The highest BCUT2D eigenvalue weighted by Gasteiger charge is 2.21. The molecule has 3 aromatic rings. The van der Waals surface area contributed by atoms with Gasteiger partial charge in [-0.25, -0.2) is 4.68 Å². The molecular weight excluding hydrogens is 389 g/mol. The molecule has 2 aromatic carbocycles. The monoisotopic (exact) mass is 403 g/mol. The van der Waals surface area contributed by atoms with Crippen LogP contribution in [0.5, 0.6) is 11.5 Å². The highest BCUT2D eigenvalue weighted by molar-refractivity contribution is 6.42. The molecule has 1 amide bonds. The van der Waals surface area contributed by atoms with Gasteiger partial charge in [-0.2, -0.15) is 5.10 Å². The molecule has 0 saturated carbocycles. The second kappa shape index (κ2) is 7.50. The van der Waals surface area contributed by atoms with Gasteiger partial charge in [0.25, 0.3) is 5.91 Å². The van der Waals surface area contributed by atoms with Gasteiger partial charge in [-0.1, -0.05) is 41.4 Å². The molecule has 0 radical (unpaired) electrons. The van der Waals surface area contributed by atoms with E-state index in [1.165, 1.54) is 0 Å². The molecule has 1 aliphatic rings. The molecule has 1 aromatic heterocycles. The van der Waals surface area contributed by atoms with Crippen molar-refractivity contribution in [3.05, 3.63) is 69.8 Å². The highest BCUT2D eigenvalue weighted by Crippen LogP contribution is 2.34.